The summed E-state index contributed by atoms with van der Waals surface area (Å²) in [6, 6.07) is 16.6. The molecule has 4 amide bonds. The summed E-state index contributed by atoms with van der Waals surface area (Å²) in [4.78, 5) is 62.3. The number of likely N-dealkylation sites (tertiary alicyclic amines) is 2. The van der Waals surface area contributed by atoms with Crippen LogP contribution in [-0.4, -0.2) is 94.1 Å². The van der Waals surface area contributed by atoms with Crippen molar-refractivity contribution in [3.8, 4) is 5.75 Å². The molecule has 2 aliphatic heterocycles. The van der Waals surface area contributed by atoms with Gasteiger partial charge in [-0.25, -0.2) is 0 Å². The Hall–Kier alpha value is -4.42. The van der Waals surface area contributed by atoms with Crippen LogP contribution in [0.15, 0.2) is 54.6 Å². The Labute approximate surface area is 278 Å². The highest BCUT2D eigenvalue weighted by Gasteiger charge is 2.66. The fourth-order valence-electron chi connectivity index (χ4n) is 8.44. The molecule has 3 heterocycles. The number of carbonyl (C=O) groups is 4. The predicted octanol–water partition coefficient (Wildman–Crippen LogP) is 2.35. The normalized spacial score (nSPS) is 26.5. The molecule has 7 rings (SSSR count). The smallest absolute Gasteiger partial charge is 0.271 e. The second kappa shape index (κ2) is 12.9. The van der Waals surface area contributed by atoms with Crippen molar-refractivity contribution in [3.05, 3.63) is 65.9 Å². The van der Waals surface area contributed by atoms with Crippen LogP contribution in [0.25, 0.3) is 10.9 Å². The first-order valence-electron chi connectivity index (χ1n) is 16.9. The second-order valence-corrected chi connectivity index (χ2v) is 13.7. The zero-order valence-corrected chi connectivity index (χ0v) is 27.1. The molecule has 2 aromatic carbocycles. The Morgan fingerprint density at radius 3 is 2.60 bits per heavy atom. The zero-order chi connectivity index (χ0) is 33.6. The van der Waals surface area contributed by atoms with Crippen LogP contribution in [0, 0.1) is 17.8 Å². The van der Waals surface area contributed by atoms with E-state index < -0.39 is 47.3 Å². The number of benzene rings is 2. The molecule has 48 heavy (non-hydrogen) atoms. The number of methoxy groups -OCH3 is 1. The Balaban J connectivity index is 1.24. The maximum Gasteiger partial charge on any atom is 0.271 e. The first-order valence-corrected chi connectivity index (χ1v) is 16.9. The number of aromatic amines is 1. The van der Waals surface area contributed by atoms with Gasteiger partial charge in [0.1, 0.15) is 29.2 Å². The molecular weight excluding hydrogens is 614 g/mol. The van der Waals surface area contributed by atoms with E-state index in [1.165, 1.54) is 4.90 Å². The molecule has 2 aliphatic carbocycles. The number of ether oxygens (including phenoxy) is 2. The molecule has 1 aromatic heterocycles. The Bertz CT molecular complexity index is 1710. The molecule has 4 fully saturated rings. The van der Waals surface area contributed by atoms with Crippen molar-refractivity contribution < 1.29 is 33.8 Å². The summed E-state index contributed by atoms with van der Waals surface area (Å²) < 4.78 is 11.5. The molecule has 12 nitrogen and oxygen atoms in total. The molecule has 0 spiro atoms. The van der Waals surface area contributed by atoms with Crippen LogP contribution in [0.1, 0.15) is 54.6 Å². The highest BCUT2D eigenvalue weighted by atomic mass is 16.5. The number of hydrogen-bond donors (Lipinski definition) is 4. The first kappa shape index (κ1) is 32.1. The summed E-state index contributed by atoms with van der Waals surface area (Å²) in [5.41, 5.74) is 6.51. The number of amides is 4. The lowest BCUT2D eigenvalue weighted by Crippen LogP contribution is -2.69. The topological polar surface area (TPSA) is 167 Å². The number of H-pyrrole nitrogens is 1. The summed E-state index contributed by atoms with van der Waals surface area (Å²) in [5, 5.41) is 15.5. The van der Waals surface area contributed by atoms with Crippen molar-refractivity contribution in [2.45, 2.75) is 68.9 Å². The molecule has 0 radical (unpaired) electrons. The lowest BCUT2D eigenvalue weighted by atomic mass is 9.68. The van der Waals surface area contributed by atoms with Gasteiger partial charge < -0.3 is 40.4 Å². The van der Waals surface area contributed by atoms with Crippen LogP contribution in [0.2, 0.25) is 0 Å². The number of aliphatic hydroxyl groups is 1. The average molecular weight is 658 g/mol. The number of nitrogens with one attached hydrogen (secondary N) is 2. The summed E-state index contributed by atoms with van der Waals surface area (Å²) in [6.07, 6.45) is 1.80. The molecule has 0 bridgehead atoms. The molecule has 2 saturated heterocycles. The van der Waals surface area contributed by atoms with Crippen molar-refractivity contribution in [1.29, 1.82) is 0 Å². The number of rotatable bonds is 12. The number of nitrogens with two attached hydrogens (primary N) is 1. The number of aliphatic hydroxyl groups excluding tert-OH is 1. The monoisotopic (exact) mass is 657 g/mol. The number of aromatic nitrogens is 1. The van der Waals surface area contributed by atoms with E-state index in [-0.39, 0.29) is 43.3 Å². The van der Waals surface area contributed by atoms with Gasteiger partial charge in [-0.1, -0.05) is 42.8 Å². The number of primary amides is 1. The van der Waals surface area contributed by atoms with E-state index in [2.05, 4.69) is 10.3 Å². The summed E-state index contributed by atoms with van der Waals surface area (Å²) >= 11 is 0. The molecular formula is C36H43N5O7. The summed E-state index contributed by atoms with van der Waals surface area (Å²) in [6.45, 7) is 0.667. The summed E-state index contributed by atoms with van der Waals surface area (Å²) in [7, 11) is 1.55. The quantitative estimate of drug-likeness (QED) is 0.232. The van der Waals surface area contributed by atoms with Gasteiger partial charge in [0.05, 0.1) is 13.7 Å². The third kappa shape index (κ3) is 5.60. The van der Waals surface area contributed by atoms with Gasteiger partial charge in [-0.15, -0.1) is 0 Å². The number of nitrogens with zero attached hydrogens (tertiary/aromatic N) is 2. The molecule has 2 saturated carbocycles. The Kier molecular flexibility index (Phi) is 8.63. The van der Waals surface area contributed by atoms with E-state index in [9.17, 15) is 24.3 Å². The number of fused-ring (bicyclic) bond motifs is 2. The minimum Gasteiger partial charge on any atom is -0.496 e. The van der Waals surface area contributed by atoms with Crippen molar-refractivity contribution in [3.63, 3.8) is 0 Å². The van der Waals surface area contributed by atoms with Gasteiger partial charge >= 0.3 is 0 Å². The highest BCUT2D eigenvalue weighted by Crippen LogP contribution is 2.53. The fourth-order valence-corrected chi connectivity index (χ4v) is 8.44. The molecule has 5 N–H and O–H groups in total. The Morgan fingerprint density at radius 2 is 1.88 bits per heavy atom. The summed E-state index contributed by atoms with van der Waals surface area (Å²) in [5.74, 6) is -3.20. The van der Waals surface area contributed by atoms with Gasteiger partial charge in [0, 0.05) is 48.9 Å². The minimum atomic E-state index is -1.73. The molecule has 4 aliphatic rings. The zero-order valence-electron chi connectivity index (χ0n) is 27.1. The van der Waals surface area contributed by atoms with Crippen LogP contribution in [0.4, 0.5) is 0 Å². The SMILES string of the molecule is COc1cccc2[nH]c(C(=O)N3CC4CCCC4C3(C(N)=O)[C@H](CN3CC[C@H](OCc4ccccc4)C3=O)C(O)C(=O)NC3CC3)cc12. The van der Waals surface area contributed by atoms with Crippen LogP contribution < -0.4 is 15.8 Å². The third-order valence-electron chi connectivity index (χ3n) is 10.9. The maximum absolute atomic E-state index is 14.6. The van der Waals surface area contributed by atoms with Gasteiger partial charge in [0.2, 0.25) is 11.8 Å². The second-order valence-electron chi connectivity index (χ2n) is 13.7. The number of carbonyl (C=O) groups excluding carboxylic acids is 4. The van der Waals surface area contributed by atoms with Crippen molar-refractivity contribution in [2.75, 3.05) is 26.7 Å². The Morgan fingerprint density at radius 1 is 1.08 bits per heavy atom. The molecule has 6 atom stereocenters. The minimum absolute atomic E-state index is 0.0524. The molecule has 3 aromatic rings. The molecule has 12 heteroatoms. The van der Waals surface area contributed by atoms with E-state index in [4.69, 9.17) is 15.2 Å². The van der Waals surface area contributed by atoms with E-state index in [0.29, 0.717) is 36.0 Å². The first-order chi connectivity index (χ1) is 23.2. The van der Waals surface area contributed by atoms with E-state index >= 15 is 0 Å². The van der Waals surface area contributed by atoms with Gasteiger partial charge in [-0.3, -0.25) is 19.2 Å². The lowest BCUT2D eigenvalue weighted by Gasteiger charge is -2.47. The van der Waals surface area contributed by atoms with Crippen LogP contribution in [0.3, 0.4) is 0 Å². The van der Waals surface area contributed by atoms with Gasteiger partial charge in [0.25, 0.3) is 11.8 Å². The van der Waals surface area contributed by atoms with Crippen LogP contribution in [0.5, 0.6) is 5.75 Å². The van der Waals surface area contributed by atoms with Crippen molar-refractivity contribution >= 4 is 34.5 Å². The number of hydrogen-bond acceptors (Lipinski definition) is 7. The third-order valence-corrected chi connectivity index (χ3v) is 10.9. The van der Waals surface area contributed by atoms with E-state index in [1.807, 2.05) is 42.5 Å². The fraction of sp³-hybridized carbons (Fsp3) is 0.500. The standard InChI is InChI=1S/C36H43N5O7/c1-47-29-12-6-11-27-24(29)17-28(39-27)33(44)41-18-22-9-5-10-25(22)36(41,35(37)46)26(31(42)32(43)38-23-13-14-23)19-40-16-15-30(34(40)45)48-20-21-7-3-2-4-8-21/h2-4,6-8,11-12,17,22-23,25-26,30-31,39,42H,5,9-10,13-16,18-20H2,1H3,(H2,37,46)(H,38,43)/t22?,25?,26-,30+,31?,36?/m1/s1. The molecule has 4 unspecified atom stereocenters. The maximum atomic E-state index is 14.6. The average Bonchev–Trinajstić information content (AvgIpc) is 3.40. The van der Waals surface area contributed by atoms with Gasteiger partial charge in [0.15, 0.2) is 0 Å². The predicted molar refractivity (Wildman–Crippen MR) is 176 cm³/mol. The highest BCUT2D eigenvalue weighted by molar-refractivity contribution is 6.03. The van der Waals surface area contributed by atoms with Crippen molar-refractivity contribution in [1.82, 2.24) is 20.1 Å². The largest absolute Gasteiger partial charge is 0.496 e. The van der Waals surface area contributed by atoms with Gasteiger partial charge in [-0.2, -0.15) is 0 Å². The van der Waals surface area contributed by atoms with Crippen molar-refractivity contribution in [2.24, 2.45) is 23.5 Å². The van der Waals surface area contributed by atoms with E-state index in [1.54, 1.807) is 24.1 Å². The van der Waals surface area contributed by atoms with E-state index in [0.717, 1.165) is 31.2 Å². The molecule has 254 valence electrons. The lowest BCUT2D eigenvalue weighted by molar-refractivity contribution is -0.150. The van der Waals surface area contributed by atoms with Gasteiger partial charge in [-0.05, 0) is 61.3 Å². The van der Waals surface area contributed by atoms with Crippen LogP contribution >= 0.6 is 0 Å². The van der Waals surface area contributed by atoms with Crippen LogP contribution in [-0.2, 0) is 25.7 Å².